The van der Waals surface area contributed by atoms with Gasteiger partial charge in [0.25, 0.3) is 0 Å². The van der Waals surface area contributed by atoms with Gasteiger partial charge < -0.3 is 10.2 Å². The summed E-state index contributed by atoms with van der Waals surface area (Å²) in [5, 5.41) is 3.51. The summed E-state index contributed by atoms with van der Waals surface area (Å²) < 4.78 is 0. The van der Waals surface area contributed by atoms with E-state index in [4.69, 9.17) is 0 Å². The fourth-order valence-corrected chi connectivity index (χ4v) is 4.26. The first-order valence-electron chi connectivity index (χ1n) is 8.73. The van der Waals surface area contributed by atoms with E-state index in [1.54, 1.807) is 0 Å². The maximum Gasteiger partial charge on any atom is 0.0225 e. The third-order valence-electron chi connectivity index (χ3n) is 5.26. The molecule has 118 valence electrons. The molecule has 0 aromatic heterocycles. The number of nitrogens with zero attached hydrogens (tertiary/aromatic N) is 2. The standard InChI is InChI=1S/C17H35N3/c1-15(2)14-17(20-12-8-18-9-13-20)6-5-10-19(11-7-17)16(3)4/h15-16,18H,5-14H2,1-4H3. The Bertz CT molecular complexity index is 284. The van der Waals surface area contributed by atoms with Crippen LogP contribution in [0, 0.1) is 5.92 Å². The third-order valence-corrected chi connectivity index (χ3v) is 5.26. The Hall–Kier alpha value is -0.120. The molecule has 2 fully saturated rings. The molecule has 2 aliphatic heterocycles. The fourth-order valence-electron chi connectivity index (χ4n) is 4.26. The first-order valence-corrected chi connectivity index (χ1v) is 8.73. The lowest BCUT2D eigenvalue weighted by Crippen LogP contribution is -2.57. The molecule has 3 heteroatoms. The van der Waals surface area contributed by atoms with E-state index in [0.29, 0.717) is 11.6 Å². The number of hydrogen-bond acceptors (Lipinski definition) is 3. The molecule has 2 heterocycles. The van der Waals surface area contributed by atoms with E-state index < -0.39 is 0 Å². The summed E-state index contributed by atoms with van der Waals surface area (Å²) in [7, 11) is 0. The molecule has 0 radical (unpaired) electrons. The van der Waals surface area contributed by atoms with Crippen molar-refractivity contribution in [3.8, 4) is 0 Å². The van der Waals surface area contributed by atoms with Gasteiger partial charge in [0.1, 0.15) is 0 Å². The van der Waals surface area contributed by atoms with E-state index in [2.05, 4.69) is 42.8 Å². The zero-order valence-corrected chi connectivity index (χ0v) is 14.1. The van der Waals surface area contributed by atoms with Crippen LogP contribution < -0.4 is 5.32 Å². The highest BCUT2D eigenvalue weighted by molar-refractivity contribution is 4.96. The molecule has 0 aromatic carbocycles. The molecule has 0 aliphatic carbocycles. The van der Waals surface area contributed by atoms with Crippen molar-refractivity contribution in [1.82, 2.24) is 15.1 Å². The first-order chi connectivity index (χ1) is 9.53. The van der Waals surface area contributed by atoms with Crippen molar-refractivity contribution in [2.45, 2.75) is 65.0 Å². The van der Waals surface area contributed by atoms with E-state index in [-0.39, 0.29) is 0 Å². The van der Waals surface area contributed by atoms with Gasteiger partial charge in [-0.05, 0) is 52.0 Å². The van der Waals surface area contributed by atoms with Crippen LogP contribution in [0.25, 0.3) is 0 Å². The number of hydrogen-bond donors (Lipinski definition) is 1. The Kier molecular flexibility index (Phi) is 5.88. The molecular formula is C17H35N3. The van der Waals surface area contributed by atoms with Crippen LogP contribution in [0.4, 0.5) is 0 Å². The number of rotatable bonds is 4. The average Bonchev–Trinajstić information content (AvgIpc) is 2.63. The zero-order chi connectivity index (χ0) is 14.6. The van der Waals surface area contributed by atoms with Gasteiger partial charge in [-0.15, -0.1) is 0 Å². The van der Waals surface area contributed by atoms with Gasteiger partial charge in [-0.1, -0.05) is 13.8 Å². The number of likely N-dealkylation sites (tertiary alicyclic amines) is 1. The van der Waals surface area contributed by atoms with E-state index in [9.17, 15) is 0 Å². The van der Waals surface area contributed by atoms with Crippen LogP contribution >= 0.6 is 0 Å². The maximum atomic E-state index is 3.51. The second kappa shape index (κ2) is 7.24. The second-order valence-corrected chi connectivity index (χ2v) is 7.54. The van der Waals surface area contributed by atoms with Crippen LogP contribution in [0.15, 0.2) is 0 Å². The Balaban J connectivity index is 2.09. The van der Waals surface area contributed by atoms with E-state index in [0.717, 1.165) is 5.92 Å². The topological polar surface area (TPSA) is 18.5 Å². The van der Waals surface area contributed by atoms with Crippen LogP contribution in [0.5, 0.6) is 0 Å². The molecule has 1 unspecified atom stereocenters. The third kappa shape index (κ3) is 3.96. The van der Waals surface area contributed by atoms with Crippen molar-refractivity contribution in [2.24, 2.45) is 5.92 Å². The van der Waals surface area contributed by atoms with Gasteiger partial charge in [-0.25, -0.2) is 0 Å². The summed E-state index contributed by atoms with van der Waals surface area (Å²) in [6, 6.07) is 0.702. The minimum absolute atomic E-state index is 0.472. The van der Waals surface area contributed by atoms with Gasteiger partial charge in [0.05, 0.1) is 0 Å². The maximum absolute atomic E-state index is 3.51. The van der Waals surface area contributed by atoms with Gasteiger partial charge >= 0.3 is 0 Å². The molecule has 2 aliphatic rings. The van der Waals surface area contributed by atoms with Gasteiger partial charge in [-0.3, -0.25) is 4.90 Å². The Morgan fingerprint density at radius 2 is 1.65 bits per heavy atom. The molecule has 20 heavy (non-hydrogen) atoms. The SMILES string of the molecule is CC(C)CC1(N2CCNCC2)CCCN(C(C)C)CC1. The van der Waals surface area contributed by atoms with Gasteiger partial charge in [0.2, 0.25) is 0 Å². The van der Waals surface area contributed by atoms with Crippen molar-refractivity contribution in [3.63, 3.8) is 0 Å². The highest BCUT2D eigenvalue weighted by atomic mass is 15.3. The molecule has 0 amide bonds. The molecule has 0 aromatic rings. The highest BCUT2D eigenvalue weighted by Crippen LogP contribution is 2.35. The predicted octanol–water partition coefficient (Wildman–Crippen LogP) is 2.57. The molecule has 1 atom stereocenters. The second-order valence-electron chi connectivity index (χ2n) is 7.54. The summed E-state index contributed by atoms with van der Waals surface area (Å²) in [5.41, 5.74) is 0.472. The van der Waals surface area contributed by atoms with E-state index in [1.807, 2.05) is 0 Å². The van der Waals surface area contributed by atoms with Gasteiger partial charge in [0, 0.05) is 44.3 Å². The van der Waals surface area contributed by atoms with Crippen molar-refractivity contribution < 1.29 is 0 Å². The van der Waals surface area contributed by atoms with Gasteiger partial charge in [0.15, 0.2) is 0 Å². The lowest BCUT2D eigenvalue weighted by atomic mass is 9.80. The van der Waals surface area contributed by atoms with E-state index in [1.165, 1.54) is 65.0 Å². The largest absolute Gasteiger partial charge is 0.314 e. The quantitative estimate of drug-likeness (QED) is 0.854. The summed E-state index contributed by atoms with van der Waals surface area (Å²) in [5.74, 6) is 0.801. The Morgan fingerprint density at radius 1 is 0.950 bits per heavy atom. The Labute approximate surface area is 126 Å². The number of piperazine rings is 1. The number of nitrogens with one attached hydrogen (secondary N) is 1. The monoisotopic (exact) mass is 281 g/mol. The first kappa shape index (κ1) is 16.3. The molecule has 0 bridgehead atoms. The summed E-state index contributed by atoms with van der Waals surface area (Å²) in [6.45, 7) is 16.9. The molecule has 2 rings (SSSR count). The molecule has 0 saturated carbocycles. The van der Waals surface area contributed by atoms with Crippen molar-refractivity contribution >= 4 is 0 Å². The van der Waals surface area contributed by atoms with Crippen LogP contribution in [0.1, 0.15) is 53.4 Å². The minimum atomic E-state index is 0.472. The molecule has 3 nitrogen and oxygen atoms in total. The van der Waals surface area contributed by atoms with Crippen molar-refractivity contribution in [3.05, 3.63) is 0 Å². The lowest BCUT2D eigenvalue weighted by molar-refractivity contribution is 0.0397. The van der Waals surface area contributed by atoms with E-state index >= 15 is 0 Å². The van der Waals surface area contributed by atoms with Crippen molar-refractivity contribution in [1.29, 1.82) is 0 Å². The predicted molar refractivity (Wildman–Crippen MR) is 87.2 cm³/mol. The van der Waals surface area contributed by atoms with Gasteiger partial charge in [-0.2, -0.15) is 0 Å². The minimum Gasteiger partial charge on any atom is -0.314 e. The fraction of sp³-hybridized carbons (Fsp3) is 1.00. The summed E-state index contributed by atoms with van der Waals surface area (Å²) in [6.07, 6.45) is 5.51. The molecule has 1 N–H and O–H groups in total. The highest BCUT2D eigenvalue weighted by Gasteiger charge is 2.39. The molecule has 2 saturated heterocycles. The van der Waals surface area contributed by atoms with Crippen molar-refractivity contribution in [2.75, 3.05) is 39.3 Å². The van der Waals surface area contributed by atoms with Crippen LogP contribution in [-0.2, 0) is 0 Å². The zero-order valence-electron chi connectivity index (χ0n) is 14.1. The van der Waals surface area contributed by atoms with Crippen LogP contribution in [0.3, 0.4) is 0 Å². The molecule has 0 spiro atoms. The average molecular weight is 281 g/mol. The van der Waals surface area contributed by atoms with Crippen LogP contribution in [-0.4, -0.2) is 60.6 Å². The smallest absolute Gasteiger partial charge is 0.0225 e. The summed E-state index contributed by atoms with van der Waals surface area (Å²) >= 11 is 0. The van der Waals surface area contributed by atoms with Crippen LogP contribution in [0.2, 0.25) is 0 Å². The Morgan fingerprint density at radius 3 is 2.25 bits per heavy atom. The lowest BCUT2D eigenvalue weighted by Gasteiger charge is -2.47. The summed E-state index contributed by atoms with van der Waals surface area (Å²) in [4.78, 5) is 5.51. The molecular weight excluding hydrogens is 246 g/mol. The normalized spacial score (nSPS) is 30.9.